The molecule has 1 aromatic heterocycles. The number of nitrogens with zero attached hydrogens (tertiary/aromatic N) is 2. The second-order valence-corrected chi connectivity index (χ2v) is 14.8. The fourth-order valence-electron chi connectivity index (χ4n) is 2.88. The van der Waals surface area contributed by atoms with Gasteiger partial charge in [-0.2, -0.15) is 5.10 Å². The van der Waals surface area contributed by atoms with Gasteiger partial charge in [0.15, 0.2) is 0 Å². The molecular formula is C19H27BrFN3OSi. The number of ether oxygens (including phenoxy) is 1. The Morgan fingerprint density at radius 2 is 2.12 bits per heavy atom. The minimum Gasteiger partial charge on any atom is -0.360 e. The zero-order valence-electron chi connectivity index (χ0n) is 15.6. The van der Waals surface area contributed by atoms with Gasteiger partial charge >= 0.3 is 0 Å². The normalized spacial score (nSPS) is 16.1. The lowest BCUT2D eigenvalue weighted by Crippen LogP contribution is -2.22. The van der Waals surface area contributed by atoms with E-state index in [2.05, 4.69) is 40.7 Å². The van der Waals surface area contributed by atoms with Crippen LogP contribution in [-0.4, -0.2) is 24.5 Å². The predicted molar refractivity (Wildman–Crippen MR) is 109 cm³/mol. The predicted octanol–water partition coefficient (Wildman–Crippen LogP) is 5.17. The minimum absolute atomic E-state index is 0.0732. The van der Waals surface area contributed by atoms with Crippen LogP contribution in [0.2, 0.25) is 25.7 Å². The Balaban J connectivity index is 1.82. The van der Waals surface area contributed by atoms with E-state index in [9.17, 15) is 4.39 Å². The number of halogens is 2. The maximum atomic E-state index is 13.8. The molecule has 0 amide bonds. The molecule has 0 spiro atoms. The largest absolute Gasteiger partial charge is 0.360 e. The van der Waals surface area contributed by atoms with Gasteiger partial charge in [0.05, 0.1) is 5.69 Å². The van der Waals surface area contributed by atoms with Gasteiger partial charge in [0.1, 0.15) is 12.5 Å². The van der Waals surface area contributed by atoms with Crippen molar-refractivity contribution in [1.29, 1.82) is 0 Å². The quantitative estimate of drug-likeness (QED) is 0.455. The van der Waals surface area contributed by atoms with Gasteiger partial charge in [-0.3, -0.25) is 0 Å². The van der Waals surface area contributed by atoms with Crippen molar-refractivity contribution in [3.05, 3.63) is 40.2 Å². The number of hydrogen-bond donors (Lipinski definition) is 1. The Bertz CT molecular complexity index is 771. The molecule has 26 heavy (non-hydrogen) atoms. The molecule has 1 heterocycles. The third-order valence-electron chi connectivity index (χ3n) is 4.68. The molecule has 0 aliphatic heterocycles. The number of nitrogens with two attached hydrogens (primary N) is 1. The molecule has 3 rings (SSSR count). The van der Waals surface area contributed by atoms with Crippen molar-refractivity contribution in [3.8, 4) is 11.3 Å². The van der Waals surface area contributed by atoms with Gasteiger partial charge in [0.2, 0.25) is 0 Å². The van der Waals surface area contributed by atoms with Crippen LogP contribution >= 0.6 is 15.9 Å². The number of benzene rings is 1. The van der Waals surface area contributed by atoms with Gasteiger partial charge in [-0.25, -0.2) is 9.07 Å². The van der Waals surface area contributed by atoms with E-state index in [4.69, 9.17) is 10.5 Å². The van der Waals surface area contributed by atoms with Gasteiger partial charge in [-0.15, -0.1) is 0 Å². The molecule has 142 valence electrons. The number of hydrogen-bond acceptors (Lipinski definition) is 3. The average Bonchev–Trinajstić information content (AvgIpc) is 3.32. The van der Waals surface area contributed by atoms with E-state index in [0.29, 0.717) is 12.6 Å². The van der Waals surface area contributed by atoms with Crippen LogP contribution in [0.25, 0.3) is 11.3 Å². The SMILES string of the molecule is C[Si](C)(C)CCOCn1cc(C(N)C2CC2)c(-c2cc(F)ccc2Br)n1. The molecule has 7 heteroatoms. The summed E-state index contributed by atoms with van der Waals surface area (Å²) in [5, 5.41) is 4.67. The topological polar surface area (TPSA) is 53.1 Å². The second-order valence-electron chi connectivity index (χ2n) is 8.31. The molecule has 1 aromatic carbocycles. The Labute approximate surface area is 164 Å². The fraction of sp³-hybridized carbons (Fsp3) is 0.526. The maximum absolute atomic E-state index is 13.8. The summed E-state index contributed by atoms with van der Waals surface area (Å²) in [5.74, 6) is 0.210. The van der Waals surface area contributed by atoms with Crippen LogP contribution in [-0.2, 0) is 11.5 Å². The zero-order chi connectivity index (χ0) is 18.9. The molecule has 1 unspecified atom stereocenters. The average molecular weight is 440 g/mol. The van der Waals surface area contributed by atoms with Crippen molar-refractivity contribution in [3.63, 3.8) is 0 Å². The van der Waals surface area contributed by atoms with E-state index in [1.165, 1.54) is 12.1 Å². The highest BCUT2D eigenvalue weighted by Crippen LogP contribution is 2.43. The summed E-state index contributed by atoms with van der Waals surface area (Å²) in [7, 11) is -1.11. The molecular weight excluding hydrogens is 413 g/mol. The standard InChI is InChI=1S/C19H27BrFN3OSi/c1-26(2,3)9-8-25-12-24-11-16(18(22)13-4-5-13)19(23-24)15-10-14(21)6-7-17(15)20/h6-7,10-11,13,18H,4-5,8-9,12,22H2,1-3H3. The Morgan fingerprint density at radius 1 is 1.38 bits per heavy atom. The highest BCUT2D eigenvalue weighted by molar-refractivity contribution is 9.10. The van der Waals surface area contributed by atoms with Gasteiger partial charge < -0.3 is 10.5 Å². The summed E-state index contributed by atoms with van der Waals surface area (Å²) in [4.78, 5) is 0. The third kappa shape index (κ3) is 5.03. The molecule has 2 aromatic rings. The first-order chi connectivity index (χ1) is 12.2. The first kappa shape index (κ1) is 19.7. The first-order valence-electron chi connectivity index (χ1n) is 9.11. The third-order valence-corrected chi connectivity index (χ3v) is 7.08. The number of aromatic nitrogens is 2. The molecule has 1 aliphatic rings. The highest BCUT2D eigenvalue weighted by Gasteiger charge is 2.33. The Kier molecular flexibility index (Phi) is 6.01. The van der Waals surface area contributed by atoms with Crippen molar-refractivity contribution in [2.24, 2.45) is 11.7 Å². The second kappa shape index (κ2) is 7.92. The Hall–Kier alpha value is -1.02. The molecule has 1 fully saturated rings. The molecule has 4 nitrogen and oxygen atoms in total. The summed E-state index contributed by atoms with van der Waals surface area (Å²) >= 11 is 3.51. The van der Waals surface area contributed by atoms with Crippen LogP contribution in [0.15, 0.2) is 28.9 Å². The number of rotatable bonds is 8. The van der Waals surface area contributed by atoms with E-state index >= 15 is 0 Å². The molecule has 0 bridgehead atoms. The summed E-state index contributed by atoms with van der Waals surface area (Å²) in [6.45, 7) is 8.12. The van der Waals surface area contributed by atoms with Crippen LogP contribution in [0.5, 0.6) is 0 Å². The van der Waals surface area contributed by atoms with Crippen molar-refractivity contribution in [2.75, 3.05) is 6.61 Å². The summed E-state index contributed by atoms with van der Waals surface area (Å²) in [6, 6.07) is 5.69. The molecule has 0 saturated heterocycles. The van der Waals surface area contributed by atoms with Crippen molar-refractivity contribution < 1.29 is 9.13 Å². The lowest BCUT2D eigenvalue weighted by atomic mass is 10.00. The van der Waals surface area contributed by atoms with Crippen LogP contribution in [0.4, 0.5) is 4.39 Å². The lowest BCUT2D eigenvalue weighted by Gasteiger charge is -2.15. The van der Waals surface area contributed by atoms with E-state index < -0.39 is 8.07 Å². The maximum Gasteiger partial charge on any atom is 0.139 e. The molecule has 0 radical (unpaired) electrons. The summed E-state index contributed by atoms with van der Waals surface area (Å²) in [6.07, 6.45) is 4.25. The van der Waals surface area contributed by atoms with Crippen LogP contribution in [0, 0.1) is 11.7 Å². The monoisotopic (exact) mass is 439 g/mol. The van der Waals surface area contributed by atoms with E-state index in [1.54, 1.807) is 10.7 Å². The van der Waals surface area contributed by atoms with Gasteiger partial charge in [0, 0.05) is 42.5 Å². The molecule has 2 N–H and O–H groups in total. The lowest BCUT2D eigenvalue weighted by molar-refractivity contribution is 0.0786. The summed E-state index contributed by atoms with van der Waals surface area (Å²) in [5.41, 5.74) is 8.89. The van der Waals surface area contributed by atoms with Crippen LogP contribution < -0.4 is 5.73 Å². The van der Waals surface area contributed by atoms with E-state index in [1.807, 2.05) is 6.20 Å². The van der Waals surface area contributed by atoms with E-state index in [-0.39, 0.29) is 11.9 Å². The van der Waals surface area contributed by atoms with Crippen molar-refractivity contribution >= 4 is 24.0 Å². The first-order valence-corrected chi connectivity index (χ1v) is 13.6. The Morgan fingerprint density at radius 3 is 2.77 bits per heavy atom. The van der Waals surface area contributed by atoms with Gasteiger partial charge in [0.25, 0.3) is 0 Å². The van der Waals surface area contributed by atoms with Crippen LogP contribution in [0.1, 0.15) is 24.4 Å². The smallest absolute Gasteiger partial charge is 0.139 e. The fourth-order valence-corrected chi connectivity index (χ4v) is 4.07. The van der Waals surface area contributed by atoms with Crippen LogP contribution in [0.3, 0.4) is 0 Å². The molecule has 1 atom stereocenters. The van der Waals surface area contributed by atoms with Gasteiger partial charge in [-0.1, -0.05) is 35.6 Å². The zero-order valence-corrected chi connectivity index (χ0v) is 18.2. The van der Waals surface area contributed by atoms with Gasteiger partial charge in [-0.05, 0) is 43.0 Å². The molecule has 1 aliphatic carbocycles. The van der Waals surface area contributed by atoms with Crippen molar-refractivity contribution in [1.82, 2.24) is 9.78 Å². The van der Waals surface area contributed by atoms with E-state index in [0.717, 1.165) is 46.8 Å². The minimum atomic E-state index is -1.11. The summed E-state index contributed by atoms with van der Waals surface area (Å²) < 4.78 is 22.2. The molecule has 1 saturated carbocycles. The highest BCUT2D eigenvalue weighted by atomic mass is 79.9. The van der Waals surface area contributed by atoms with Crippen molar-refractivity contribution in [2.45, 2.75) is 51.3 Å².